The second kappa shape index (κ2) is 12.0. The molecular weight excluding hydrogens is 420 g/mol. The summed E-state index contributed by atoms with van der Waals surface area (Å²) in [5.41, 5.74) is 2.94. The van der Waals surface area contributed by atoms with Crippen LogP contribution in [0.5, 0.6) is 0 Å². The molecule has 2 N–H and O–H groups in total. The van der Waals surface area contributed by atoms with Crippen molar-refractivity contribution in [3.63, 3.8) is 0 Å². The molecule has 0 radical (unpaired) electrons. The molecule has 0 spiro atoms. The van der Waals surface area contributed by atoms with Gasteiger partial charge in [-0.15, -0.1) is 0 Å². The molecule has 1 saturated heterocycles. The molecule has 3 aromatic carbocycles. The van der Waals surface area contributed by atoms with Crippen molar-refractivity contribution in [2.24, 2.45) is 0 Å². The zero-order valence-corrected chi connectivity index (χ0v) is 18.4. The summed E-state index contributed by atoms with van der Waals surface area (Å²) in [5, 5.41) is 21.7. The van der Waals surface area contributed by atoms with Crippen molar-refractivity contribution in [1.82, 2.24) is 0 Å². The second-order valence-electron chi connectivity index (χ2n) is 8.08. The van der Waals surface area contributed by atoms with Gasteiger partial charge in [0.15, 0.2) is 6.29 Å². The number of rotatable bonds is 10. The van der Waals surface area contributed by atoms with Gasteiger partial charge in [0, 0.05) is 0 Å². The smallest absolute Gasteiger partial charge is 0.184 e. The fourth-order valence-electron chi connectivity index (χ4n) is 3.83. The summed E-state index contributed by atoms with van der Waals surface area (Å²) >= 11 is 0. The van der Waals surface area contributed by atoms with Gasteiger partial charge in [0.1, 0.15) is 24.4 Å². The molecule has 3 unspecified atom stereocenters. The van der Waals surface area contributed by atoms with Crippen LogP contribution in [0, 0.1) is 0 Å². The minimum Gasteiger partial charge on any atom is -0.387 e. The van der Waals surface area contributed by atoms with E-state index in [1.165, 1.54) is 0 Å². The van der Waals surface area contributed by atoms with E-state index in [0.717, 1.165) is 16.7 Å². The predicted molar refractivity (Wildman–Crippen MR) is 123 cm³/mol. The molecule has 33 heavy (non-hydrogen) atoms. The lowest BCUT2D eigenvalue weighted by molar-refractivity contribution is -0.308. The molecule has 0 bridgehead atoms. The summed E-state index contributed by atoms with van der Waals surface area (Å²) in [5.74, 6) is 0. The van der Waals surface area contributed by atoms with Crippen LogP contribution in [0.2, 0.25) is 0 Å². The Balaban J connectivity index is 1.41. The van der Waals surface area contributed by atoms with Crippen LogP contribution in [-0.4, -0.2) is 47.5 Å². The fourth-order valence-corrected chi connectivity index (χ4v) is 3.83. The topological polar surface area (TPSA) is 77.4 Å². The molecule has 6 nitrogen and oxygen atoms in total. The van der Waals surface area contributed by atoms with Crippen LogP contribution in [0.25, 0.3) is 0 Å². The van der Waals surface area contributed by atoms with Gasteiger partial charge in [-0.25, -0.2) is 0 Å². The van der Waals surface area contributed by atoms with Crippen molar-refractivity contribution >= 4 is 0 Å². The van der Waals surface area contributed by atoms with Crippen molar-refractivity contribution in [2.45, 2.75) is 50.5 Å². The molecule has 1 aliphatic heterocycles. The molecule has 6 heteroatoms. The van der Waals surface area contributed by atoms with Gasteiger partial charge in [0.05, 0.1) is 26.4 Å². The van der Waals surface area contributed by atoms with Crippen LogP contribution >= 0.6 is 0 Å². The lowest BCUT2D eigenvalue weighted by Crippen LogP contribution is -2.60. The molecule has 174 valence electrons. The molecule has 0 aliphatic carbocycles. The Morgan fingerprint density at radius 3 is 1.58 bits per heavy atom. The van der Waals surface area contributed by atoms with Crippen LogP contribution in [0.4, 0.5) is 0 Å². The number of hydrogen-bond acceptors (Lipinski definition) is 6. The summed E-state index contributed by atoms with van der Waals surface area (Å²) in [6.45, 7) is 1.09. The molecule has 3 aromatic rings. The van der Waals surface area contributed by atoms with Crippen LogP contribution < -0.4 is 0 Å². The van der Waals surface area contributed by atoms with Gasteiger partial charge in [0.25, 0.3) is 0 Å². The van der Waals surface area contributed by atoms with E-state index in [1.807, 2.05) is 91.0 Å². The lowest BCUT2D eigenvalue weighted by atomic mass is 9.98. The van der Waals surface area contributed by atoms with Gasteiger partial charge < -0.3 is 29.2 Å². The minimum absolute atomic E-state index is 0.161. The first-order chi connectivity index (χ1) is 16.2. The first-order valence-corrected chi connectivity index (χ1v) is 11.1. The van der Waals surface area contributed by atoms with Gasteiger partial charge in [-0.3, -0.25) is 0 Å². The van der Waals surface area contributed by atoms with Crippen LogP contribution in [0.15, 0.2) is 91.0 Å². The third-order valence-electron chi connectivity index (χ3n) is 5.60. The van der Waals surface area contributed by atoms with Crippen LogP contribution in [0.1, 0.15) is 16.7 Å². The van der Waals surface area contributed by atoms with E-state index in [1.54, 1.807) is 0 Å². The molecule has 1 aliphatic rings. The molecular formula is C27H30O6. The van der Waals surface area contributed by atoms with Crippen LogP contribution in [0.3, 0.4) is 0 Å². The largest absolute Gasteiger partial charge is 0.387 e. The van der Waals surface area contributed by atoms with Gasteiger partial charge in [0.2, 0.25) is 0 Å². The molecule has 5 atom stereocenters. The average Bonchev–Trinajstić information content (AvgIpc) is 2.85. The molecule has 0 aromatic heterocycles. The maximum Gasteiger partial charge on any atom is 0.184 e. The van der Waals surface area contributed by atoms with Crippen LogP contribution in [-0.2, 0) is 38.8 Å². The average molecular weight is 451 g/mol. The van der Waals surface area contributed by atoms with Crippen molar-refractivity contribution < 1.29 is 29.2 Å². The molecule has 1 heterocycles. The SMILES string of the molecule is OC1C(OCc2ccccc2)[C@H](O)OC(COCc2ccccc2)[C@H]1OCc1ccccc1. The first-order valence-electron chi connectivity index (χ1n) is 11.1. The summed E-state index contributed by atoms with van der Waals surface area (Å²) in [6, 6.07) is 29.1. The van der Waals surface area contributed by atoms with E-state index >= 15 is 0 Å². The second-order valence-corrected chi connectivity index (χ2v) is 8.08. The Bertz CT molecular complexity index is 935. The zero-order chi connectivity index (χ0) is 22.9. The molecule has 4 rings (SSSR count). The highest BCUT2D eigenvalue weighted by Crippen LogP contribution is 2.27. The summed E-state index contributed by atoms with van der Waals surface area (Å²) in [4.78, 5) is 0. The van der Waals surface area contributed by atoms with E-state index < -0.39 is 30.7 Å². The van der Waals surface area contributed by atoms with Crippen molar-refractivity contribution in [2.75, 3.05) is 6.61 Å². The number of hydrogen-bond donors (Lipinski definition) is 2. The standard InChI is InChI=1S/C27H30O6/c28-24-25(31-17-21-12-6-2-7-13-21)23(19-30-16-20-10-4-1-5-11-20)33-27(29)26(24)32-18-22-14-8-3-9-15-22/h1-15,23-29H,16-19H2/t23?,24?,25-,26?,27-/m1/s1. The Morgan fingerprint density at radius 1 is 0.606 bits per heavy atom. The Hall–Kier alpha value is -2.58. The van der Waals surface area contributed by atoms with Gasteiger partial charge in [-0.05, 0) is 16.7 Å². The van der Waals surface area contributed by atoms with E-state index in [-0.39, 0.29) is 13.2 Å². The van der Waals surface area contributed by atoms with Crippen molar-refractivity contribution in [3.05, 3.63) is 108 Å². The number of ether oxygens (including phenoxy) is 4. The monoisotopic (exact) mass is 450 g/mol. The third kappa shape index (κ3) is 6.71. The summed E-state index contributed by atoms with van der Waals surface area (Å²) in [6.07, 6.45) is -4.72. The normalized spacial score (nSPS) is 25.1. The van der Waals surface area contributed by atoms with E-state index in [0.29, 0.717) is 13.2 Å². The number of aliphatic hydroxyl groups is 2. The fraction of sp³-hybridized carbons (Fsp3) is 0.333. The highest BCUT2D eigenvalue weighted by atomic mass is 16.7. The van der Waals surface area contributed by atoms with Crippen molar-refractivity contribution in [1.29, 1.82) is 0 Å². The van der Waals surface area contributed by atoms with E-state index in [2.05, 4.69) is 0 Å². The van der Waals surface area contributed by atoms with Gasteiger partial charge >= 0.3 is 0 Å². The first kappa shape index (κ1) is 23.6. The van der Waals surface area contributed by atoms with Gasteiger partial charge in [-0.2, -0.15) is 0 Å². The summed E-state index contributed by atoms with van der Waals surface area (Å²) < 4.78 is 23.6. The maximum atomic E-state index is 11.1. The maximum absolute atomic E-state index is 11.1. The highest BCUT2D eigenvalue weighted by molar-refractivity contribution is 5.15. The molecule has 1 fully saturated rings. The lowest BCUT2D eigenvalue weighted by Gasteiger charge is -2.42. The predicted octanol–water partition coefficient (Wildman–Crippen LogP) is 3.45. The zero-order valence-electron chi connectivity index (χ0n) is 18.4. The number of aliphatic hydroxyl groups excluding tert-OH is 2. The molecule has 0 amide bonds. The van der Waals surface area contributed by atoms with Crippen molar-refractivity contribution in [3.8, 4) is 0 Å². The Kier molecular flexibility index (Phi) is 8.60. The Labute approximate surface area is 194 Å². The number of benzene rings is 3. The minimum atomic E-state index is -1.30. The molecule has 0 saturated carbocycles. The van der Waals surface area contributed by atoms with E-state index in [9.17, 15) is 10.2 Å². The van der Waals surface area contributed by atoms with E-state index in [4.69, 9.17) is 18.9 Å². The van der Waals surface area contributed by atoms with Gasteiger partial charge in [-0.1, -0.05) is 91.0 Å². The Morgan fingerprint density at radius 2 is 1.06 bits per heavy atom. The quantitative estimate of drug-likeness (QED) is 0.493. The highest BCUT2D eigenvalue weighted by Gasteiger charge is 2.46. The summed E-state index contributed by atoms with van der Waals surface area (Å²) in [7, 11) is 0. The third-order valence-corrected chi connectivity index (χ3v) is 5.60.